The highest BCUT2D eigenvalue weighted by Gasteiger charge is 2.30. The van der Waals surface area contributed by atoms with E-state index in [1.165, 1.54) is 0 Å². The van der Waals surface area contributed by atoms with Crippen LogP contribution in [-0.4, -0.2) is 21.4 Å². The second-order valence-corrected chi connectivity index (χ2v) is 4.22. The third-order valence-corrected chi connectivity index (χ3v) is 3.30. The molecule has 3 nitrogen and oxygen atoms in total. The molecule has 2 rings (SSSR count). The lowest BCUT2D eigenvalue weighted by Gasteiger charge is -2.01. The third-order valence-electron chi connectivity index (χ3n) is 1.50. The van der Waals surface area contributed by atoms with Gasteiger partial charge in [-0.25, -0.2) is 4.79 Å². The van der Waals surface area contributed by atoms with Crippen LogP contribution in [0.1, 0.15) is 0 Å². The number of carbonyl (C=O) groups excluding carboxylic acids is 1. The topological polar surface area (TPSA) is 46.5 Å². The summed E-state index contributed by atoms with van der Waals surface area (Å²) in [6, 6.07) is 0. The molecule has 0 spiro atoms. The monoisotopic (exact) mass is 264 g/mol. The fraction of sp³-hybridized carbons (Fsp3) is 0.143. The Balaban J connectivity index is 2.51. The molecule has 0 radical (unpaired) electrons. The SMILES string of the molecule is O=C1OC(O)C2=C1C=CI=C2. The maximum absolute atomic E-state index is 10.9. The van der Waals surface area contributed by atoms with Gasteiger partial charge in [0.2, 0.25) is 6.29 Å². The maximum Gasteiger partial charge on any atom is 0.341 e. The van der Waals surface area contributed by atoms with E-state index in [1.807, 2.05) is 8.09 Å². The Bertz CT molecular complexity index is 301. The number of aliphatic hydroxyl groups excluding tert-OH is 1. The van der Waals surface area contributed by atoms with Gasteiger partial charge in [0.15, 0.2) is 0 Å². The van der Waals surface area contributed by atoms with Gasteiger partial charge >= 0.3 is 5.97 Å². The molecule has 0 amide bonds. The first-order valence-electron chi connectivity index (χ1n) is 3.04. The minimum Gasteiger partial charge on any atom is -0.428 e. The molecule has 0 fully saturated rings. The molecule has 1 atom stereocenters. The number of rotatable bonds is 0. The Morgan fingerprint density at radius 3 is 3.18 bits per heavy atom. The van der Waals surface area contributed by atoms with Crippen molar-refractivity contribution in [2.24, 2.45) is 0 Å². The number of ether oxygens (including phenoxy) is 1. The maximum atomic E-state index is 10.9. The summed E-state index contributed by atoms with van der Waals surface area (Å²) in [7, 11) is 0. The van der Waals surface area contributed by atoms with Crippen LogP contribution in [0.3, 0.4) is 0 Å². The van der Waals surface area contributed by atoms with Crippen molar-refractivity contribution in [1.29, 1.82) is 0 Å². The molecule has 0 aromatic carbocycles. The van der Waals surface area contributed by atoms with Crippen molar-refractivity contribution in [3.05, 3.63) is 21.3 Å². The van der Waals surface area contributed by atoms with Crippen molar-refractivity contribution >= 4 is 30.7 Å². The molecule has 4 heteroatoms. The average molecular weight is 264 g/mol. The van der Waals surface area contributed by atoms with E-state index >= 15 is 0 Å². The van der Waals surface area contributed by atoms with E-state index in [0.717, 1.165) is 0 Å². The quantitative estimate of drug-likeness (QED) is 0.510. The highest BCUT2D eigenvalue weighted by Crippen LogP contribution is 2.26. The van der Waals surface area contributed by atoms with Crippen molar-refractivity contribution < 1.29 is 14.6 Å². The molecule has 0 saturated carbocycles. The van der Waals surface area contributed by atoms with E-state index in [1.54, 1.807) is 6.08 Å². The lowest BCUT2D eigenvalue weighted by molar-refractivity contribution is -0.151. The van der Waals surface area contributed by atoms with Crippen LogP contribution in [0, 0.1) is 0 Å². The molecule has 1 N–H and O–H groups in total. The van der Waals surface area contributed by atoms with Crippen molar-refractivity contribution in [2.75, 3.05) is 0 Å². The van der Waals surface area contributed by atoms with Crippen LogP contribution in [0.2, 0.25) is 0 Å². The molecule has 2 aliphatic heterocycles. The molecular weight excluding hydrogens is 259 g/mol. The first-order chi connectivity index (χ1) is 5.29. The zero-order chi connectivity index (χ0) is 7.84. The highest BCUT2D eigenvalue weighted by atomic mass is 127. The minimum atomic E-state index is -1.01. The highest BCUT2D eigenvalue weighted by molar-refractivity contribution is 14.2. The van der Waals surface area contributed by atoms with Crippen LogP contribution in [0.5, 0.6) is 0 Å². The fourth-order valence-electron chi connectivity index (χ4n) is 0.960. The van der Waals surface area contributed by atoms with Crippen LogP contribution in [0.4, 0.5) is 0 Å². The Kier molecular flexibility index (Phi) is 1.65. The molecule has 11 heavy (non-hydrogen) atoms. The van der Waals surface area contributed by atoms with Gasteiger partial charge in [0.05, 0.1) is 5.57 Å². The molecule has 2 aliphatic rings. The number of hydrogen-bond donors (Lipinski definition) is 1. The summed E-state index contributed by atoms with van der Waals surface area (Å²) in [5.74, 6) is -0.413. The molecule has 1 unspecified atom stereocenters. The van der Waals surface area contributed by atoms with E-state index < -0.39 is 12.3 Å². The van der Waals surface area contributed by atoms with Gasteiger partial charge in [0.1, 0.15) is 0 Å². The van der Waals surface area contributed by atoms with Crippen molar-refractivity contribution in [3.63, 3.8) is 0 Å². The predicted molar refractivity (Wildman–Crippen MR) is 48.3 cm³/mol. The van der Waals surface area contributed by atoms with Gasteiger partial charge in [-0.1, -0.05) is 20.7 Å². The van der Waals surface area contributed by atoms with Gasteiger partial charge in [-0.15, -0.1) is 0 Å². The van der Waals surface area contributed by atoms with Gasteiger partial charge < -0.3 is 9.84 Å². The van der Waals surface area contributed by atoms with E-state index in [2.05, 4.69) is 4.74 Å². The summed E-state index contributed by atoms with van der Waals surface area (Å²) < 4.78 is 8.46. The zero-order valence-electron chi connectivity index (χ0n) is 5.45. The Morgan fingerprint density at radius 2 is 2.45 bits per heavy atom. The number of halogens is 1. The largest absolute Gasteiger partial charge is 0.428 e. The van der Waals surface area contributed by atoms with E-state index in [-0.39, 0.29) is 20.7 Å². The summed E-state index contributed by atoms with van der Waals surface area (Å²) >= 11 is -0.121. The number of aliphatic hydroxyl groups is 1. The Morgan fingerprint density at radius 1 is 1.64 bits per heavy atom. The summed E-state index contributed by atoms with van der Waals surface area (Å²) in [6.07, 6.45) is 0.725. The second kappa shape index (κ2) is 2.53. The molecule has 58 valence electrons. The van der Waals surface area contributed by atoms with Gasteiger partial charge in [-0.2, -0.15) is 0 Å². The van der Waals surface area contributed by atoms with Gasteiger partial charge in [-0.3, -0.25) is 0 Å². The number of hydrogen-bond acceptors (Lipinski definition) is 3. The van der Waals surface area contributed by atoms with Gasteiger partial charge in [0, 0.05) is 5.57 Å². The van der Waals surface area contributed by atoms with Crippen molar-refractivity contribution in [3.8, 4) is 0 Å². The summed E-state index contributed by atoms with van der Waals surface area (Å²) in [5.41, 5.74) is 1.17. The second-order valence-electron chi connectivity index (χ2n) is 2.15. The zero-order valence-corrected chi connectivity index (χ0v) is 7.61. The van der Waals surface area contributed by atoms with Gasteiger partial charge in [0.25, 0.3) is 0 Å². The standard InChI is InChI=1S/C7H5IO3/c9-6-4-1-2-8-3-5(4)7(10)11-6/h1-3,7,10H. The summed E-state index contributed by atoms with van der Waals surface area (Å²) in [5, 5.41) is 9.15. The number of carbonyl (C=O) groups is 1. The van der Waals surface area contributed by atoms with Crippen LogP contribution < -0.4 is 0 Å². The normalized spacial score (nSPS) is 28.1. The lowest BCUT2D eigenvalue weighted by atomic mass is 10.1. The van der Waals surface area contributed by atoms with Crippen LogP contribution >= 0.6 is 20.7 Å². The Labute approximate surface area is 73.1 Å². The molecule has 0 aromatic heterocycles. The first-order valence-corrected chi connectivity index (χ1v) is 5.53. The average Bonchev–Trinajstić information content (AvgIpc) is 2.30. The molecule has 0 aliphatic carbocycles. The lowest BCUT2D eigenvalue weighted by Crippen LogP contribution is -2.09. The third kappa shape index (κ3) is 1.06. The van der Waals surface area contributed by atoms with Crippen LogP contribution in [0.25, 0.3) is 0 Å². The van der Waals surface area contributed by atoms with Crippen molar-refractivity contribution in [1.82, 2.24) is 0 Å². The summed E-state index contributed by atoms with van der Waals surface area (Å²) in [4.78, 5) is 10.9. The molecule has 0 saturated heterocycles. The van der Waals surface area contributed by atoms with Crippen molar-refractivity contribution in [2.45, 2.75) is 6.29 Å². The van der Waals surface area contributed by atoms with E-state index in [9.17, 15) is 4.79 Å². The summed E-state index contributed by atoms with van der Waals surface area (Å²) in [6.45, 7) is 0. The van der Waals surface area contributed by atoms with Crippen LogP contribution in [-0.2, 0) is 9.53 Å². The number of cyclic esters (lactones) is 1. The minimum absolute atomic E-state index is 0.121. The first kappa shape index (κ1) is 7.17. The molecule has 0 bridgehead atoms. The molecule has 0 aromatic rings. The predicted octanol–water partition coefficient (Wildman–Crippen LogP) is 0.458. The van der Waals surface area contributed by atoms with E-state index in [4.69, 9.17) is 5.11 Å². The smallest absolute Gasteiger partial charge is 0.341 e. The molecular formula is C7H5IO3. The van der Waals surface area contributed by atoms with Gasteiger partial charge in [-0.05, 0) is 14.2 Å². The Hall–Kier alpha value is -0.490. The fourth-order valence-corrected chi connectivity index (χ4v) is 2.77. The number of esters is 1. The van der Waals surface area contributed by atoms with Crippen LogP contribution in [0.15, 0.2) is 21.3 Å². The van der Waals surface area contributed by atoms with E-state index in [0.29, 0.717) is 11.1 Å². The molecule has 2 heterocycles.